The topological polar surface area (TPSA) is 63.6 Å². The van der Waals surface area contributed by atoms with Crippen LogP contribution in [0.4, 0.5) is 0 Å². The lowest BCUT2D eigenvalue weighted by Crippen LogP contribution is -2.11. The van der Waals surface area contributed by atoms with Gasteiger partial charge < -0.3 is 0 Å². The minimum absolute atomic E-state index is 0.546. The van der Waals surface area contributed by atoms with Crippen molar-refractivity contribution in [2.24, 2.45) is 0 Å². The normalized spacial score (nSPS) is 14.8. The Labute approximate surface area is 75.0 Å². The summed E-state index contributed by atoms with van der Waals surface area (Å²) >= 11 is 2.53. The third-order valence-electron chi connectivity index (χ3n) is 0.695. The number of thioether (sulfide) groups is 2. The van der Waals surface area contributed by atoms with E-state index in [1.807, 2.05) is 6.92 Å². The van der Waals surface area contributed by atoms with Gasteiger partial charge in [-0.05, 0) is 12.0 Å². The molecule has 0 amide bonds. The summed E-state index contributed by atoms with van der Waals surface area (Å²) in [6, 6.07) is 0. The van der Waals surface area contributed by atoms with E-state index >= 15 is 0 Å². The summed E-state index contributed by atoms with van der Waals surface area (Å²) in [7, 11) is -4.30. The van der Waals surface area contributed by atoms with E-state index in [9.17, 15) is 8.42 Å². The fraction of sp³-hybridized carbons (Fsp3) is 1.00. The molecule has 0 radical (unpaired) electrons. The maximum atomic E-state index is 10.2. The van der Waals surface area contributed by atoms with Gasteiger partial charge in [0.05, 0.1) is 0 Å². The Bertz CT molecular complexity index is 188. The second-order valence-corrected chi connectivity index (χ2v) is 5.09. The van der Waals surface area contributed by atoms with Gasteiger partial charge in [0.1, 0.15) is 0 Å². The Morgan fingerprint density at radius 1 is 1.64 bits per heavy atom. The van der Waals surface area contributed by atoms with Crippen LogP contribution < -0.4 is 0 Å². The maximum absolute atomic E-state index is 10.2. The van der Waals surface area contributed by atoms with E-state index < -0.39 is 15.2 Å². The van der Waals surface area contributed by atoms with Gasteiger partial charge in [-0.1, -0.05) is 6.92 Å². The molecule has 0 aromatic carbocycles. The van der Waals surface area contributed by atoms with Crippen LogP contribution in [-0.2, 0) is 14.6 Å². The number of hydrogen-bond donors (Lipinski definition) is 1. The van der Waals surface area contributed by atoms with E-state index in [0.29, 0.717) is 0 Å². The van der Waals surface area contributed by atoms with Gasteiger partial charge in [-0.2, -0.15) is 8.42 Å². The van der Waals surface area contributed by atoms with Crippen molar-refractivity contribution in [1.29, 1.82) is 0 Å². The Morgan fingerprint density at radius 2 is 2.18 bits per heavy atom. The van der Waals surface area contributed by atoms with Crippen molar-refractivity contribution >= 4 is 33.9 Å². The van der Waals surface area contributed by atoms with E-state index in [1.165, 1.54) is 23.5 Å². The van der Waals surface area contributed by atoms with Gasteiger partial charge in [0, 0.05) is 0 Å². The molecular formula is C4H10O4S3. The first kappa shape index (κ1) is 11.6. The molecule has 11 heavy (non-hydrogen) atoms. The average Bonchev–Trinajstić information content (AvgIpc) is 1.84. The first-order valence-electron chi connectivity index (χ1n) is 2.79. The van der Waals surface area contributed by atoms with Crippen LogP contribution in [0.3, 0.4) is 0 Å². The summed E-state index contributed by atoms with van der Waals surface area (Å²) in [4.78, 5) is 0. The summed E-state index contributed by atoms with van der Waals surface area (Å²) in [5.41, 5.74) is 0. The molecule has 0 aromatic rings. The molecule has 0 spiro atoms. The smallest absolute Gasteiger partial charge is 0.263 e. The highest BCUT2D eigenvalue weighted by Gasteiger charge is 2.14. The molecule has 68 valence electrons. The van der Waals surface area contributed by atoms with Gasteiger partial charge >= 0.3 is 10.4 Å². The van der Waals surface area contributed by atoms with Crippen molar-refractivity contribution in [3.63, 3.8) is 0 Å². The molecule has 0 fully saturated rings. The maximum Gasteiger partial charge on any atom is 0.399 e. The van der Waals surface area contributed by atoms with E-state index in [-0.39, 0.29) is 0 Å². The van der Waals surface area contributed by atoms with Gasteiger partial charge in [-0.3, -0.25) is 4.55 Å². The van der Waals surface area contributed by atoms with Crippen LogP contribution in [0, 0.1) is 0 Å². The third-order valence-corrected chi connectivity index (χ3v) is 3.54. The van der Waals surface area contributed by atoms with E-state index in [0.717, 1.165) is 5.75 Å². The fourth-order valence-corrected chi connectivity index (χ4v) is 2.93. The van der Waals surface area contributed by atoms with E-state index in [4.69, 9.17) is 4.55 Å². The SMILES string of the molecule is CCSC(OS(=O)(=O)O)SC. The largest absolute Gasteiger partial charge is 0.399 e. The monoisotopic (exact) mass is 218 g/mol. The molecule has 0 aliphatic heterocycles. The zero-order valence-electron chi connectivity index (χ0n) is 6.18. The lowest BCUT2D eigenvalue weighted by Gasteiger charge is -2.09. The molecule has 0 aliphatic rings. The molecular weight excluding hydrogens is 208 g/mol. The predicted octanol–water partition coefficient (Wildman–Crippen LogP) is 1.21. The van der Waals surface area contributed by atoms with Crippen LogP contribution in [0.5, 0.6) is 0 Å². The molecule has 1 unspecified atom stereocenters. The van der Waals surface area contributed by atoms with Gasteiger partial charge in [0.25, 0.3) is 0 Å². The van der Waals surface area contributed by atoms with Crippen LogP contribution >= 0.6 is 23.5 Å². The van der Waals surface area contributed by atoms with Gasteiger partial charge in [-0.15, -0.1) is 23.5 Å². The molecule has 0 aliphatic carbocycles. The second kappa shape index (κ2) is 5.26. The van der Waals surface area contributed by atoms with Crippen LogP contribution in [0.1, 0.15) is 6.92 Å². The van der Waals surface area contributed by atoms with Crippen LogP contribution in [0.15, 0.2) is 0 Å². The molecule has 4 nitrogen and oxygen atoms in total. The zero-order chi connectivity index (χ0) is 8.91. The summed E-state index contributed by atoms with van der Waals surface area (Å²) in [6.45, 7) is 1.88. The van der Waals surface area contributed by atoms with Crippen molar-refractivity contribution in [2.45, 2.75) is 11.7 Å². The Kier molecular flexibility index (Phi) is 5.53. The Hall–Kier alpha value is 0.570. The lowest BCUT2D eigenvalue weighted by atomic mass is 11.0. The highest BCUT2D eigenvalue weighted by molar-refractivity contribution is 8.16. The van der Waals surface area contributed by atoms with Crippen LogP contribution in [-0.4, -0.2) is 29.7 Å². The molecule has 0 bridgehead atoms. The fourth-order valence-electron chi connectivity index (χ4n) is 0.370. The minimum Gasteiger partial charge on any atom is -0.263 e. The summed E-state index contributed by atoms with van der Waals surface area (Å²) in [5.74, 6) is 0.737. The highest BCUT2D eigenvalue weighted by atomic mass is 32.3. The standard InChI is InChI=1S/C4H10O4S3/c1-3-10-4(9-2)8-11(5,6)7/h4H,3H2,1-2H3,(H,5,6,7). The second-order valence-electron chi connectivity index (χ2n) is 1.50. The van der Waals surface area contributed by atoms with Crippen molar-refractivity contribution in [3.05, 3.63) is 0 Å². The zero-order valence-corrected chi connectivity index (χ0v) is 8.63. The minimum atomic E-state index is -4.30. The third kappa shape index (κ3) is 6.95. The Morgan fingerprint density at radius 3 is 2.45 bits per heavy atom. The molecule has 0 aromatic heterocycles. The van der Waals surface area contributed by atoms with Gasteiger partial charge in [0.2, 0.25) is 0 Å². The van der Waals surface area contributed by atoms with Gasteiger partial charge in [-0.25, -0.2) is 4.18 Å². The van der Waals surface area contributed by atoms with Gasteiger partial charge in [0.15, 0.2) is 4.77 Å². The molecule has 0 heterocycles. The summed E-state index contributed by atoms with van der Waals surface area (Å²) in [5, 5.41) is 0. The van der Waals surface area contributed by atoms with Crippen LogP contribution in [0.25, 0.3) is 0 Å². The molecule has 0 saturated carbocycles. The number of rotatable bonds is 5. The van der Waals surface area contributed by atoms with Crippen molar-refractivity contribution in [3.8, 4) is 0 Å². The first-order chi connectivity index (χ1) is 4.99. The molecule has 7 heteroatoms. The van der Waals surface area contributed by atoms with Crippen molar-refractivity contribution in [2.75, 3.05) is 12.0 Å². The highest BCUT2D eigenvalue weighted by Crippen LogP contribution is 2.23. The lowest BCUT2D eigenvalue weighted by molar-refractivity contribution is 0.298. The van der Waals surface area contributed by atoms with Crippen molar-refractivity contribution in [1.82, 2.24) is 0 Å². The number of hydrogen-bond acceptors (Lipinski definition) is 5. The Balaban J connectivity index is 3.88. The summed E-state index contributed by atoms with van der Waals surface area (Å²) < 4.78 is 32.4. The quantitative estimate of drug-likeness (QED) is 0.552. The first-order valence-corrected chi connectivity index (χ1v) is 6.50. The van der Waals surface area contributed by atoms with E-state index in [2.05, 4.69) is 4.18 Å². The molecule has 1 atom stereocenters. The molecule has 1 N–H and O–H groups in total. The summed E-state index contributed by atoms with van der Waals surface area (Å²) in [6.07, 6.45) is 1.71. The molecule has 0 rings (SSSR count). The molecule has 0 saturated heterocycles. The predicted molar refractivity (Wildman–Crippen MR) is 48.1 cm³/mol. The van der Waals surface area contributed by atoms with Crippen LogP contribution in [0.2, 0.25) is 0 Å². The van der Waals surface area contributed by atoms with Crippen molar-refractivity contribution < 1.29 is 17.2 Å². The average molecular weight is 218 g/mol. The van der Waals surface area contributed by atoms with E-state index in [1.54, 1.807) is 6.26 Å².